The predicted octanol–water partition coefficient (Wildman–Crippen LogP) is -0.371. The van der Waals surface area contributed by atoms with Gasteiger partial charge in [-0.15, -0.1) is 0 Å². The van der Waals surface area contributed by atoms with E-state index in [1.807, 2.05) is 0 Å². The van der Waals surface area contributed by atoms with Crippen LogP contribution in [0.5, 0.6) is 0 Å². The van der Waals surface area contributed by atoms with Crippen molar-refractivity contribution in [2.24, 2.45) is 5.92 Å². The Balaban J connectivity index is 2.29. The number of carbonyl (C=O) groups is 2. The van der Waals surface area contributed by atoms with Gasteiger partial charge in [-0.3, -0.25) is 9.59 Å². The van der Waals surface area contributed by atoms with Gasteiger partial charge in [0.05, 0.1) is 33.2 Å². The van der Waals surface area contributed by atoms with Gasteiger partial charge in [-0.1, -0.05) is 0 Å². The Labute approximate surface area is 93.9 Å². The zero-order valence-corrected chi connectivity index (χ0v) is 9.27. The van der Waals surface area contributed by atoms with Crippen molar-refractivity contribution in [2.45, 2.75) is 18.9 Å². The molecule has 1 rings (SSSR count). The molecular weight excluding hydrogens is 214 g/mol. The molecule has 1 fully saturated rings. The highest BCUT2D eigenvalue weighted by Crippen LogP contribution is 2.09. The summed E-state index contributed by atoms with van der Waals surface area (Å²) in [6, 6.07) is -0.370. The van der Waals surface area contributed by atoms with Gasteiger partial charge in [0.25, 0.3) is 0 Å². The van der Waals surface area contributed by atoms with Crippen LogP contribution in [0.1, 0.15) is 12.8 Å². The van der Waals surface area contributed by atoms with E-state index < -0.39 is 11.9 Å². The van der Waals surface area contributed by atoms with E-state index >= 15 is 0 Å². The second-order valence-electron chi connectivity index (χ2n) is 3.89. The van der Waals surface area contributed by atoms with Crippen LogP contribution >= 0.6 is 0 Å². The van der Waals surface area contributed by atoms with Crippen molar-refractivity contribution in [3.63, 3.8) is 0 Å². The second kappa shape index (κ2) is 6.44. The van der Waals surface area contributed by atoms with Gasteiger partial charge in [0.2, 0.25) is 0 Å². The highest BCUT2D eigenvalue weighted by atomic mass is 16.5. The lowest BCUT2D eigenvalue weighted by molar-refractivity contribution is -0.142. The summed E-state index contributed by atoms with van der Waals surface area (Å²) in [5, 5.41) is 11.7. The SMILES string of the molecule is COC(=O)CC(CC(=O)O)NCC1COC1. The smallest absolute Gasteiger partial charge is 0.307 e. The topological polar surface area (TPSA) is 84.9 Å². The fourth-order valence-corrected chi connectivity index (χ4v) is 1.45. The number of ether oxygens (including phenoxy) is 2. The molecule has 1 saturated heterocycles. The van der Waals surface area contributed by atoms with Crippen molar-refractivity contribution in [3.8, 4) is 0 Å². The Bertz CT molecular complexity index is 252. The molecule has 92 valence electrons. The highest BCUT2D eigenvalue weighted by molar-refractivity contribution is 5.72. The molecule has 6 heteroatoms. The minimum Gasteiger partial charge on any atom is -0.481 e. The third-order valence-electron chi connectivity index (χ3n) is 2.46. The molecule has 0 aromatic heterocycles. The number of carboxylic acid groups (broad SMARTS) is 1. The Morgan fingerprint density at radius 3 is 2.62 bits per heavy atom. The average molecular weight is 231 g/mol. The van der Waals surface area contributed by atoms with Crippen LogP contribution in [-0.2, 0) is 19.1 Å². The first-order valence-electron chi connectivity index (χ1n) is 5.21. The predicted molar refractivity (Wildman–Crippen MR) is 55.0 cm³/mol. The Morgan fingerprint density at radius 2 is 2.19 bits per heavy atom. The normalized spacial score (nSPS) is 17.6. The van der Waals surface area contributed by atoms with Crippen LogP contribution in [0.2, 0.25) is 0 Å². The fraction of sp³-hybridized carbons (Fsp3) is 0.800. The molecule has 2 N–H and O–H groups in total. The summed E-state index contributed by atoms with van der Waals surface area (Å²) < 4.78 is 9.52. The first-order valence-corrected chi connectivity index (χ1v) is 5.21. The van der Waals surface area contributed by atoms with Crippen LogP contribution in [0, 0.1) is 5.92 Å². The molecule has 16 heavy (non-hydrogen) atoms. The number of aliphatic carboxylic acids is 1. The second-order valence-corrected chi connectivity index (χ2v) is 3.89. The van der Waals surface area contributed by atoms with Crippen LogP contribution in [0.4, 0.5) is 0 Å². The molecule has 6 nitrogen and oxygen atoms in total. The third-order valence-corrected chi connectivity index (χ3v) is 2.46. The van der Waals surface area contributed by atoms with E-state index in [4.69, 9.17) is 9.84 Å². The lowest BCUT2D eigenvalue weighted by Gasteiger charge is -2.28. The number of carbonyl (C=O) groups excluding carboxylic acids is 1. The molecule has 0 amide bonds. The zero-order chi connectivity index (χ0) is 12.0. The van der Waals surface area contributed by atoms with Crippen molar-refractivity contribution in [2.75, 3.05) is 26.9 Å². The van der Waals surface area contributed by atoms with Gasteiger partial charge in [-0.2, -0.15) is 0 Å². The van der Waals surface area contributed by atoms with Gasteiger partial charge in [-0.25, -0.2) is 0 Å². The first-order chi connectivity index (χ1) is 7.61. The summed E-state index contributed by atoms with van der Waals surface area (Å²) >= 11 is 0. The van der Waals surface area contributed by atoms with Crippen LogP contribution in [0.15, 0.2) is 0 Å². The van der Waals surface area contributed by atoms with Crippen molar-refractivity contribution in [1.82, 2.24) is 5.32 Å². The van der Waals surface area contributed by atoms with Gasteiger partial charge in [0.1, 0.15) is 0 Å². The van der Waals surface area contributed by atoms with E-state index in [0.29, 0.717) is 25.7 Å². The number of rotatable bonds is 7. The average Bonchev–Trinajstić information content (AvgIpc) is 2.14. The number of esters is 1. The summed E-state index contributed by atoms with van der Waals surface area (Å²) in [4.78, 5) is 21.6. The van der Waals surface area contributed by atoms with Gasteiger partial charge >= 0.3 is 11.9 Å². The first kappa shape index (κ1) is 12.9. The maximum absolute atomic E-state index is 11.1. The van der Waals surface area contributed by atoms with Crippen LogP contribution in [0.25, 0.3) is 0 Å². The summed E-state index contributed by atoms with van der Waals surface area (Å²) in [6.07, 6.45) is -0.000938. The molecule has 0 aliphatic carbocycles. The van der Waals surface area contributed by atoms with Crippen molar-refractivity contribution in [3.05, 3.63) is 0 Å². The van der Waals surface area contributed by atoms with E-state index in [-0.39, 0.29) is 18.9 Å². The maximum atomic E-state index is 11.1. The standard InChI is InChI=1S/C10H17NO5/c1-15-10(14)3-8(2-9(12)13)11-4-7-5-16-6-7/h7-8,11H,2-6H2,1H3,(H,12,13). The molecule has 1 unspecified atom stereocenters. The minimum atomic E-state index is -0.925. The van der Waals surface area contributed by atoms with E-state index in [1.54, 1.807) is 0 Å². The molecule has 0 radical (unpaired) electrons. The fourth-order valence-electron chi connectivity index (χ4n) is 1.45. The third kappa shape index (κ3) is 4.59. The molecule has 0 bridgehead atoms. The van der Waals surface area contributed by atoms with Gasteiger partial charge in [0, 0.05) is 18.5 Å². The van der Waals surface area contributed by atoms with Crippen LogP contribution < -0.4 is 5.32 Å². The summed E-state index contributed by atoms with van der Waals surface area (Å²) in [5.41, 5.74) is 0. The number of nitrogens with one attached hydrogen (secondary N) is 1. The maximum Gasteiger partial charge on any atom is 0.307 e. The van der Waals surface area contributed by atoms with E-state index in [2.05, 4.69) is 10.1 Å². The van der Waals surface area contributed by atoms with E-state index in [1.165, 1.54) is 7.11 Å². The molecule has 0 spiro atoms. The van der Waals surface area contributed by atoms with Gasteiger partial charge in [0.15, 0.2) is 0 Å². The zero-order valence-electron chi connectivity index (χ0n) is 9.27. The summed E-state index contributed by atoms with van der Waals surface area (Å²) in [6.45, 7) is 2.07. The molecule has 1 aliphatic rings. The lowest BCUT2D eigenvalue weighted by atomic mass is 10.1. The van der Waals surface area contributed by atoms with Gasteiger partial charge < -0.3 is 19.9 Å². The number of methoxy groups -OCH3 is 1. The minimum absolute atomic E-state index is 0.0797. The summed E-state index contributed by atoms with van der Waals surface area (Å²) in [5.74, 6) is -0.899. The highest BCUT2D eigenvalue weighted by Gasteiger charge is 2.22. The van der Waals surface area contributed by atoms with Crippen molar-refractivity contribution < 1.29 is 24.2 Å². The van der Waals surface area contributed by atoms with Crippen LogP contribution in [-0.4, -0.2) is 50.0 Å². The molecule has 1 heterocycles. The Hall–Kier alpha value is -1.14. The van der Waals surface area contributed by atoms with E-state index in [9.17, 15) is 9.59 Å². The number of hydrogen-bond donors (Lipinski definition) is 2. The number of hydrogen-bond acceptors (Lipinski definition) is 5. The Kier molecular flexibility index (Phi) is 5.21. The molecular formula is C10H17NO5. The lowest BCUT2D eigenvalue weighted by Crippen LogP contribution is -2.42. The van der Waals surface area contributed by atoms with Crippen molar-refractivity contribution in [1.29, 1.82) is 0 Å². The largest absolute Gasteiger partial charge is 0.481 e. The Morgan fingerprint density at radius 1 is 1.50 bits per heavy atom. The molecule has 1 atom stereocenters. The molecule has 0 saturated carbocycles. The monoisotopic (exact) mass is 231 g/mol. The van der Waals surface area contributed by atoms with Crippen molar-refractivity contribution >= 4 is 11.9 Å². The van der Waals surface area contributed by atoms with Crippen LogP contribution in [0.3, 0.4) is 0 Å². The molecule has 0 aromatic rings. The number of carboxylic acids is 1. The van der Waals surface area contributed by atoms with E-state index in [0.717, 1.165) is 0 Å². The van der Waals surface area contributed by atoms with Gasteiger partial charge in [-0.05, 0) is 0 Å². The molecule has 0 aromatic carbocycles. The molecule has 1 aliphatic heterocycles. The summed E-state index contributed by atoms with van der Waals surface area (Å²) in [7, 11) is 1.29. The quantitative estimate of drug-likeness (QED) is 0.581.